The van der Waals surface area contributed by atoms with Crippen LogP contribution in [0.15, 0.2) is 36.9 Å². The van der Waals surface area contributed by atoms with Gasteiger partial charge >= 0.3 is 5.97 Å². The van der Waals surface area contributed by atoms with Crippen molar-refractivity contribution in [2.75, 3.05) is 0 Å². The summed E-state index contributed by atoms with van der Waals surface area (Å²) in [5.41, 5.74) is 2.28. The molecule has 1 N–H and O–H groups in total. The van der Waals surface area contributed by atoms with E-state index in [2.05, 4.69) is 6.58 Å². The molecule has 0 aromatic heterocycles. The van der Waals surface area contributed by atoms with Crippen molar-refractivity contribution in [3.05, 3.63) is 48.0 Å². The lowest BCUT2D eigenvalue weighted by Crippen LogP contribution is -2.16. The number of hydrogen-bond donors (Lipinski definition) is 1. The molecule has 1 aromatic rings. The second kappa shape index (κ2) is 6.11. The fraction of sp³-hybridized carbons (Fsp3) is 0.357. The maximum absolute atomic E-state index is 11.1. The first-order valence-electron chi connectivity index (χ1n) is 5.53. The van der Waals surface area contributed by atoms with Crippen LogP contribution in [0.4, 0.5) is 0 Å². The van der Waals surface area contributed by atoms with E-state index in [9.17, 15) is 4.79 Å². The van der Waals surface area contributed by atoms with Crippen molar-refractivity contribution >= 4 is 5.97 Å². The summed E-state index contributed by atoms with van der Waals surface area (Å²) >= 11 is 0. The molecule has 0 bridgehead atoms. The number of hydrogen-bond acceptors (Lipinski definition) is 1. The summed E-state index contributed by atoms with van der Waals surface area (Å²) in [6.45, 7) is 5.64. The predicted octanol–water partition coefficient (Wildman–Crippen LogP) is 3.20. The quantitative estimate of drug-likeness (QED) is 0.744. The highest BCUT2D eigenvalue weighted by molar-refractivity contribution is 5.70. The minimum absolute atomic E-state index is 0.306. The minimum Gasteiger partial charge on any atom is -0.481 e. The Hall–Kier alpha value is -1.57. The van der Waals surface area contributed by atoms with Crippen LogP contribution in [0.2, 0.25) is 0 Å². The van der Waals surface area contributed by atoms with Gasteiger partial charge in [-0.2, -0.15) is 0 Å². The molecule has 2 heteroatoms. The summed E-state index contributed by atoms with van der Waals surface area (Å²) in [6.07, 6.45) is 3.79. The minimum atomic E-state index is -0.717. The van der Waals surface area contributed by atoms with Gasteiger partial charge in [0.2, 0.25) is 0 Å². The van der Waals surface area contributed by atoms with Gasteiger partial charge in [0.1, 0.15) is 0 Å². The zero-order chi connectivity index (χ0) is 12.0. The molecule has 2 nitrogen and oxygen atoms in total. The first-order chi connectivity index (χ1) is 7.65. The Morgan fingerprint density at radius 2 is 2.19 bits per heavy atom. The second-order valence-electron chi connectivity index (χ2n) is 4.03. The fourth-order valence-corrected chi connectivity index (χ4v) is 1.74. The Morgan fingerprint density at radius 1 is 1.50 bits per heavy atom. The zero-order valence-corrected chi connectivity index (χ0v) is 9.65. The Balaban J connectivity index is 2.71. The van der Waals surface area contributed by atoms with Gasteiger partial charge in [-0.25, -0.2) is 0 Å². The van der Waals surface area contributed by atoms with Gasteiger partial charge in [0, 0.05) is 0 Å². The first kappa shape index (κ1) is 12.5. The standard InChI is InChI=1S/C14H18O2/c1-3-4-8-13(14(15)16)10-12-9-6-5-7-11(12)2/h3,5-7,9,13H,1,4,8,10H2,2H3,(H,15,16). The molecule has 1 aromatic carbocycles. The van der Waals surface area contributed by atoms with E-state index < -0.39 is 5.97 Å². The molecule has 1 rings (SSSR count). The lowest BCUT2D eigenvalue weighted by Gasteiger charge is -2.12. The molecular formula is C14H18O2. The van der Waals surface area contributed by atoms with Gasteiger partial charge in [-0.1, -0.05) is 30.3 Å². The molecule has 0 spiro atoms. The maximum Gasteiger partial charge on any atom is 0.306 e. The largest absolute Gasteiger partial charge is 0.481 e. The summed E-state index contributed by atoms with van der Waals surface area (Å²) in [5, 5.41) is 9.12. The number of carboxylic acid groups (broad SMARTS) is 1. The Bertz CT molecular complexity index is 369. The van der Waals surface area contributed by atoms with Crippen LogP contribution in [0.25, 0.3) is 0 Å². The van der Waals surface area contributed by atoms with Crippen molar-refractivity contribution in [3.63, 3.8) is 0 Å². The van der Waals surface area contributed by atoms with E-state index in [0.717, 1.165) is 17.5 Å². The molecule has 1 unspecified atom stereocenters. The van der Waals surface area contributed by atoms with E-state index >= 15 is 0 Å². The number of aryl methyl sites for hydroxylation is 1. The summed E-state index contributed by atoms with van der Waals surface area (Å²) in [6, 6.07) is 7.94. The third-order valence-electron chi connectivity index (χ3n) is 2.80. The monoisotopic (exact) mass is 218 g/mol. The van der Waals surface area contributed by atoms with Crippen LogP contribution >= 0.6 is 0 Å². The molecule has 86 valence electrons. The highest BCUT2D eigenvalue weighted by Gasteiger charge is 2.17. The highest BCUT2D eigenvalue weighted by Crippen LogP contribution is 2.17. The molecule has 0 saturated heterocycles. The second-order valence-corrected chi connectivity index (χ2v) is 4.03. The van der Waals surface area contributed by atoms with Crippen LogP contribution in [-0.2, 0) is 11.2 Å². The molecule has 0 heterocycles. The Kier molecular flexibility index (Phi) is 4.77. The average molecular weight is 218 g/mol. The van der Waals surface area contributed by atoms with Crippen molar-refractivity contribution in [1.82, 2.24) is 0 Å². The van der Waals surface area contributed by atoms with Gasteiger partial charge in [-0.05, 0) is 37.3 Å². The van der Waals surface area contributed by atoms with Crippen LogP contribution in [0, 0.1) is 12.8 Å². The zero-order valence-electron chi connectivity index (χ0n) is 9.65. The van der Waals surface area contributed by atoms with Crippen LogP contribution < -0.4 is 0 Å². The van der Waals surface area contributed by atoms with Gasteiger partial charge < -0.3 is 5.11 Å². The molecule has 1 atom stereocenters. The third-order valence-corrected chi connectivity index (χ3v) is 2.80. The van der Waals surface area contributed by atoms with Crippen molar-refractivity contribution in [2.45, 2.75) is 26.2 Å². The third kappa shape index (κ3) is 3.54. The molecule has 0 fully saturated rings. The number of benzene rings is 1. The van der Waals surface area contributed by atoms with E-state index in [0.29, 0.717) is 12.8 Å². The van der Waals surface area contributed by atoms with Crippen LogP contribution in [0.5, 0.6) is 0 Å². The smallest absolute Gasteiger partial charge is 0.306 e. The van der Waals surface area contributed by atoms with Gasteiger partial charge in [-0.15, -0.1) is 6.58 Å². The first-order valence-corrected chi connectivity index (χ1v) is 5.53. The van der Waals surface area contributed by atoms with Crippen molar-refractivity contribution in [3.8, 4) is 0 Å². The van der Waals surface area contributed by atoms with E-state index in [1.165, 1.54) is 0 Å². The molecule has 0 aliphatic carbocycles. The van der Waals surface area contributed by atoms with E-state index in [1.54, 1.807) is 6.08 Å². The predicted molar refractivity (Wildman–Crippen MR) is 65.4 cm³/mol. The van der Waals surface area contributed by atoms with E-state index in [-0.39, 0.29) is 5.92 Å². The number of aliphatic carboxylic acids is 1. The summed E-state index contributed by atoms with van der Waals surface area (Å²) in [4.78, 5) is 11.1. The Morgan fingerprint density at radius 3 is 2.75 bits per heavy atom. The van der Waals surface area contributed by atoms with Crippen LogP contribution in [-0.4, -0.2) is 11.1 Å². The van der Waals surface area contributed by atoms with Crippen molar-refractivity contribution in [2.24, 2.45) is 5.92 Å². The van der Waals surface area contributed by atoms with Crippen molar-refractivity contribution < 1.29 is 9.90 Å². The number of allylic oxidation sites excluding steroid dienone is 1. The normalized spacial score (nSPS) is 12.1. The SMILES string of the molecule is C=CCCC(Cc1ccccc1C)C(=O)O. The van der Waals surface area contributed by atoms with Crippen LogP contribution in [0.1, 0.15) is 24.0 Å². The maximum atomic E-state index is 11.1. The van der Waals surface area contributed by atoms with E-state index in [1.807, 2.05) is 31.2 Å². The summed E-state index contributed by atoms with van der Waals surface area (Å²) in [7, 11) is 0. The number of rotatable bonds is 6. The number of carbonyl (C=O) groups is 1. The lowest BCUT2D eigenvalue weighted by molar-refractivity contribution is -0.141. The molecule has 0 amide bonds. The fourth-order valence-electron chi connectivity index (χ4n) is 1.74. The summed E-state index contributed by atoms with van der Waals surface area (Å²) < 4.78 is 0. The lowest BCUT2D eigenvalue weighted by atomic mass is 9.93. The van der Waals surface area contributed by atoms with E-state index in [4.69, 9.17) is 5.11 Å². The Labute approximate surface area is 96.6 Å². The topological polar surface area (TPSA) is 37.3 Å². The molecule has 0 radical (unpaired) electrons. The van der Waals surface area contributed by atoms with Gasteiger partial charge in [0.05, 0.1) is 5.92 Å². The average Bonchev–Trinajstić information content (AvgIpc) is 2.26. The highest BCUT2D eigenvalue weighted by atomic mass is 16.4. The van der Waals surface area contributed by atoms with Crippen molar-refractivity contribution in [1.29, 1.82) is 0 Å². The summed E-state index contributed by atoms with van der Waals surface area (Å²) in [5.74, 6) is -1.02. The van der Waals surface area contributed by atoms with Crippen LogP contribution in [0.3, 0.4) is 0 Å². The van der Waals surface area contributed by atoms with Gasteiger partial charge in [0.25, 0.3) is 0 Å². The molecule has 0 saturated carbocycles. The van der Waals surface area contributed by atoms with Gasteiger partial charge in [-0.3, -0.25) is 4.79 Å². The molecular weight excluding hydrogens is 200 g/mol. The van der Waals surface area contributed by atoms with Gasteiger partial charge in [0.15, 0.2) is 0 Å². The molecule has 0 aliphatic heterocycles. The number of carboxylic acids is 1. The molecule has 0 aliphatic rings. The molecule has 16 heavy (non-hydrogen) atoms.